The van der Waals surface area contributed by atoms with Crippen LogP contribution in [0.2, 0.25) is 0 Å². The minimum absolute atomic E-state index is 0.139. The van der Waals surface area contributed by atoms with Gasteiger partial charge in [-0.3, -0.25) is 14.4 Å². The average Bonchev–Trinajstić information content (AvgIpc) is 4.02. The molecule has 1 saturated carbocycles. The molecule has 6 aliphatic rings. The van der Waals surface area contributed by atoms with Crippen LogP contribution < -0.4 is 5.32 Å². The first kappa shape index (κ1) is 49.1. The van der Waals surface area contributed by atoms with E-state index in [1.807, 2.05) is 45.1 Å². The highest BCUT2D eigenvalue weighted by Crippen LogP contribution is 2.47. The molecular weight excluding hydrogens is 813 g/mol. The first-order valence-corrected chi connectivity index (χ1v) is 24.1. The number of carbonyl (C=O) groups is 3. The quantitative estimate of drug-likeness (QED) is 0.0537. The molecule has 5 atom stereocenters. The number of hydrogen-bond donors (Lipinski definition) is 2. The summed E-state index contributed by atoms with van der Waals surface area (Å²) >= 11 is 0. The first-order valence-electron chi connectivity index (χ1n) is 24.1. The largest absolute Gasteiger partial charge is 0.515 e. The van der Waals surface area contributed by atoms with Crippen molar-refractivity contribution in [3.63, 3.8) is 0 Å². The Balaban J connectivity index is 1.21. The van der Waals surface area contributed by atoms with Gasteiger partial charge in [-0.2, -0.15) is 0 Å². The van der Waals surface area contributed by atoms with Gasteiger partial charge in [0.25, 0.3) is 0 Å². The number of aliphatic imine (C=N–C) groups is 3. The van der Waals surface area contributed by atoms with Crippen molar-refractivity contribution >= 4 is 34.9 Å². The number of hydrogen-bond acceptors (Lipinski definition) is 10. The van der Waals surface area contributed by atoms with E-state index >= 15 is 0 Å². The Morgan fingerprint density at radius 3 is 2.25 bits per heavy atom. The molecule has 1 saturated heterocycles. The van der Waals surface area contributed by atoms with E-state index < -0.39 is 11.9 Å². The number of Topliss-reactive ketones (excluding diaryl/α,β-unsaturated/α-hetero) is 1. The van der Waals surface area contributed by atoms with Crippen LogP contribution in [0.15, 0.2) is 131 Å². The summed E-state index contributed by atoms with van der Waals surface area (Å²) in [4.78, 5) is 56.5. The third-order valence-corrected chi connectivity index (χ3v) is 14.2. The van der Waals surface area contributed by atoms with E-state index in [1.165, 1.54) is 57.6 Å². The zero-order chi connectivity index (χ0) is 47.1. The van der Waals surface area contributed by atoms with Crippen LogP contribution >= 0.6 is 0 Å². The number of ether oxygens (including phenoxy) is 2. The predicted molar refractivity (Wildman–Crippen MR) is 262 cm³/mol. The fourth-order valence-electron chi connectivity index (χ4n) is 10.1. The summed E-state index contributed by atoms with van der Waals surface area (Å²) in [6.07, 6.45) is 22.9. The van der Waals surface area contributed by atoms with E-state index in [9.17, 15) is 19.5 Å². The molecule has 5 heterocycles. The predicted octanol–water partition coefficient (Wildman–Crippen LogP) is 12.1. The molecule has 0 spiro atoms. The van der Waals surface area contributed by atoms with E-state index in [1.54, 1.807) is 6.08 Å². The molecule has 65 heavy (non-hydrogen) atoms. The number of nitrogens with one attached hydrogen (secondary N) is 1. The van der Waals surface area contributed by atoms with Crippen LogP contribution in [-0.2, 0) is 23.9 Å². The lowest BCUT2D eigenvalue weighted by Gasteiger charge is -2.19. The third kappa shape index (κ3) is 10.8. The number of aliphatic hydroxyl groups is 1. The molecule has 2 N–H and O–H groups in total. The number of esters is 2. The second kappa shape index (κ2) is 21.7. The van der Waals surface area contributed by atoms with Crippen LogP contribution in [0, 0.1) is 35.5 Å². The molecule has 1 aliphatic carbocycles. The summed E-state index contributed by atoms with van der Waals surface area (Å²) in [6, 6.07) is 0. The molecule has 0 aromatic heterocycles. The Kier molecular flexibility index (Phi) is 16.4. The molecule has 2 fully saturated rings. The Morgan fingerprint density at radius 2 is 1.60 bits per heavy atom. The van der Waals surface area contributed by atoms with Crippen molar-refractivity contribution in [3.05, 3.63) is 116 Å². The maximum atomic E-state index is 14.4. The van der Waals surface area contributed by atoms with Gasteiger partial charge >= 0.3 is 11.9 Å². The van der Waals surface area contributed by atoms with Gasteiger partial charge in [-0.15, -0.1) is 0 Å². The fourth-order valence-corrected chi connectivity index (χ4v) is 10.1. The van der Waals surface area contributed by atoms with Crippen molar-refractivity contribution in [1.29, 1.82) is 0 Å². The van der Waals surface area contributed by atoms with Gasteiger partial charge in [0.15, 0.2) is 5.78 Å². The number of methoxy groups -OCH3 is 1. The van der Waals surface area contributed by atoms with Crippen molar-refractivity contribution in [1.82, 2.24) is 5.32 Å². The van der Waals surface area contributed by atoms with Gasteiger partial charge in [0, 0.05) is 51.9 Å². The highest BCUT2D eigenvalue weighted by atomic mass is 16.5. The van der Waals surface area contributed by atoms with Crippen LogP contribution in [0.3, 0.4) is 0 Å². The lowest BCUT2D eigenvalue weighted by atomic mass is 9.85. The summed E-state index contributed by atoms with van der Waals surface area (Å²) in [6.45, 7) is 23.7. The van der Waals surface area contributed by atoms with Crippen molar-refractivity contribution in [2.45, 2.75) is 139 Å². The SMILES string of the molecule is C=CC1=C(C)C2=NC1=CC1=NC(=C(CC)/C1=C/O)C=C1N=C3C(=C1C)C(=O)C(C(=O)OC)C3=C1NC(=C2)C(C)C1CCC(=O)OC/C=C(\C)CCCC(C)CCCC(C)CCCC(C)C. The van der Waals surface area contributed by atoms with E-state index in [0.29, 0.717) is 81.0 Å². The third-order valence-electron chi connectivity index (χ3n) is 14.2. The smallest absolute Gasteiger partial charge is 0.321 e. The molecular formula is C55H72N4O6. The Hall–Kier alpha value is -5.38. The topological polar surface area (TPSA) is 139 Å². The van der Waals surface area contributed by atoms with Crippen LogP contribution in [0.25, 0.3) is 0 Å². The van der Waals surface area contributed by atoms with Gasteiger partial charge in [0.2, 0.25) is 0 Å². The second-order valence-electron chi connectivity index (χ2n) is 19.4. The fraction of sp³-hybridized carbons (Fsp3) is 0.527. The monoisotopic (exact) mass is 885 g/mol. The van der Waals surface area contributed by atoms with E-state index in [4.69, 9.17) is 24.5 Å². The highest BCUT2D eigenvalue weighted by molar-refractivity contribution is 6.42. The lowest BCUT2D eigenvalue weighted by molar-refractivity contribution is -0.146. The van der Waals surface area contributed by atoms with Gasteiger partial charge in [-0.05, 0) is 105 Å². The number of allylic oxidation sites excluding steroid dienone is 12. The number of aliphatic hydroxyl groups excluding tert-OH is 1. The van der Waals surface area contributed by atoms with Crippen LogP contribution in [0.1, 0.15) is 139 Å². The maximum absolute atomic E-state index is 14.4. The molecule has 6 rings (SSSR count). The molecule has 0 amide bonds. The Bertz CT molecular complexity index is 2350. The number of carbonyl (C=O) groups excluding carboxylic acids is 3. The van der Waals surface area contributed by atoms with Crippen molar-refractivity contribution < 1.29 is 29.0 Å². The molecule has 0 radical (unpaired) electrons. The number of fused-ring (bicyclic) bond motifs is 5. The minimum atomic E-state index is -1.23. The standard InChI is InChI=1S/C55H72N4O6/c1-12-38-35(8)42-27-43-36(9)40(23-24-48(61)65-26-25-34(7)22-16-21-33(6)20-15-19-32(5)18-14-17-31(3)4)52(58-43)50-51(55(63)64-11)54(62)49-37(10)44(59-53(49)50)28-46-39(13-2)41(30-60)47(57-46)29-45(38)56-42/h12,25,27-33,36,40,51,58,60H,1,13-24,26H2,2-11H3/b34-25+,41-30-,43-27?,44-28?,45-29?,52-50?. The summed E-state index contributed by atoms with van der Waals surface area (Å²) < 4.78 is 11.0. The van der Waals surface area contributed by atoms with Crippen molar-refractivity contribution in [2.24, 2.45) is 50.5 Å². The van der Waals surface area contributed by atoms with Crippen molar-refractivity contribution in [2.75, 3.05) is 13.7 Å². The van der Waals surface area contributed by atoms with Gasteiger partial charge in [0.1, 0.15) is 12.5 Å². The first-order chi connectivity index (χ1) is 31.1. The normalized spacial score (nSPS) is 23.2. The van der Waals surface area contributed by atoms with Gasteiger partial charge in [-0.1, -0.05) is 105 Å². The van der Waals surface area contributed by atoms with Crippen LogP contribution in [0.4, 0.5) is 0 Å². The molecule has 348 valence electrons. The van der Waals surface area contributed by atoms with E-state index in [-0.39, 0.29) is 36.6 Å². The lowest BCUT2D eigenvalue weighted by Crippen LogP contribution is -2.26. The summed E-state index contributed by atoms with van der Waals surface area (Å²) in [7, 11) is 1.29. The van der Waals surface area contributed by atoms with Gasteiger partial charge < -0.3 is 19.9 Å². The molecule has 5 aliphatic heterocycles. The molecule has 10 nitrogen and oxygen atoms in total. The summed E-state index contributed by atoms with van der Waals surface area (Å²) in [5, 5.41) is 14.1. The maximum Gasteiger partial charge on any atom is 0.321 e. The minimum Gasteiger partial charge on any atom is -0.515 e. The molecule has 5 unspecified atom stereocenters. The van der Waals surface area contributed by atoms with E-state index in [2.05, 4.69) is 53.4 Å². The van der Waals surface area contributed by atoms with Gasteiger partial charge in [-0.25, -0.2) is 15.0 Å². The van der Waals surface area contributed by atoms with E-state index in [0.717, 1.165) is 53.4 Å². The average molecular weight is 885 g/mol. The van der Waals surface area contributed by atoms with Gasteiger partial charge in [0.05, 0.1) is 47.6 Å². The van der Waals surface area contributed by atoms with Crippen LogP contribution in [0.5, 0.6) is 0 Å². The number of ketones is 1. The number of rotatable bonds is 20. The van der Waals surface area contributed by atoms with Crippen LogP contribution in [-0.4, -0.2) is 53.7 Å². The highest BCUT2D eigenvalue weighted by Gasteiger charge is 2.52. The zero-order valence-corrected chi connectivity index (χ0v) is 40.7. The molecule has 0 aromatic rings. The summed E-state index contributed by atoms with van der Waals surface area (Å²) in [5.41, 5.74) is 10.9. The Morgan fingerprint density at radius 1 is 0.908 bits per heavy atom. The number of nitrogens with zero attached hydrogens (tertiary/aromatic N) is 3. The molecule has 0 aromatic carbocycles. The Labute approximate surface area is 387 Å². The molecule has 10 heteroatoms. The molecule has 8 bridgehead atoms. The summed E-state index contributed by atoms with van der Waals surface area (Å²) in [5.74, 6) is -0.732. The second-order valence-corrected chi connectivity index (χ2v) is 19.4. The van der Waals surface area contributed by atoms with Crippen molar-refractivity contribution in [3.8, 4) is 0 Å². The zero-order valence-electron chi connectivity index (χ0n) is 40.7.